The maximum Gasteiger partial charge on any atom is 0.313 e. The van der Waals surface area contributed by atoms with Crippen LogP contribution in [-0.4, -0.2) is 31.6 Å². The number of thioether (sulfide) groups is 1. The predicted octanol–water partition coefficient (Wildman–Crippen LogP) is 2.77. The van der Waals surface area contributed by atoms with E-state index in [1.165, 1.54) is 43.9 Å². The van der Waals surface area contributed by atoms with Crippen LogP contribution in [0.5, 0.6) is 0 Å². The third-order valence-corrected chi connectivity index (χ3v) is 5.21. The zero-order valence-corrected chi connectivity index (χ0v) is 12.6. The van der Waals surface area contributed by atoms with E-state index in [1.54, 1.807) is 0 Å². The third kappa shape index (κ3) is 3.16. The summed E-state index contributed by atoms with van der Waals surface area (Å²) in [5, 5.41) is 18.2. The molecule has 1 heterocycles. The molecule has 110 valence electrons. The summed E-state index contributed by atoms with van der Waals surface area (Å²) < 4.78 is 2.20. The van der Waals surface area contributed by atoms with Crippen LogP contribution in [0.2, 0.25) is 0 Å². The van der Waals surface area contributed by atoms with Crippen LogP contribution in [0.25, 0.3) is 0 Å². The van der Waals surface area contributed by atoms with Crippen LogP contribution < -0.4 is 0 Å². The van der Waals surface area contributed by atoms with Crippen molar-refractivity contribution in [3.8, 4) is 0 Å². The SMILES string of the molecule is CC1CCC(Cn2c(SCC(=O)O)nnc2C2CC2)C1. The van der Waals surface area contributed by atoms with E-state index in [0.717, 1.165) is 23.4 Å². The Hall–Kier alpha value is -1.04. The van der Waals surface area contributed by atoms with Crippen LogP contribution in [0.4, 0.5) is 0 Å². The number of hydrogen-bond acceptors (Lipinski definition) is 4. The van der Waals surface area contributed by atoms with E-state index in [-0.39, 0.29) is 5.75 Å². The van der Waals surface area contributed by atoms with Gasteiger partial charge >= 0.3 is 5.97 Å². The Morgan fingerprint density at radius 3 is 2.75 bits per heavy atom. The third-order valence-electron chi connectivity index (χ3n) is 4.26. The zero-order chi connectivity index (χ0) is 14.1. The van der Waals surface area contributed by atoms with E-state index in [4.69, 9.17) is 5.11 Å². The van der Waals surface area contributed by atoms with E-state index >= 15 is 0 Å². The average molecular weight is 295 g/mol. The van der Waals surface area contributed by atoms with Gasteiger partial charge in [0.2, 0.25) is 0 Å². The second-order valence-electron chi connectivity index (χ2n) is 6.19. The number of carboxylic acids is 1. The summed E-state index contributed by atoms with van der Waals surface area (Å²) in [6, 6.07) is 0. The fraction of sp³-hybridized carbons (Fsp3) is 0.786. The largest absolute Gasteiger partial charge is 0.481 e. The van der Waals surface area contributed by atoms with E-state index in [9.17, 15) is 4.79 Å². The topological polar surface area (TPSA) is 68.0 Å². The minimum absolute atomic E-state index is 0.0594. The van der Waals surface area contributed by atoms with E-state index in [2.05, 4.69) is 21.7 Å². The normalized spacial score (nSPS) is 26.1. The van der Waals surface area contributed by atoms with E-state index in [1.807, 2.05) is 0 Å². The Labute approximate surface area is 123 Å². The summed E-state index contributed by atoms with van der Waals surface area (Å²) >= 11 is 1.30. The second-order valence-corrected chi connectivity index (χ2v) is 7.13. The summed E-state index contributed by atoms with van der Waals surface area (Å²) in [7, 11) is 0. The molecule has 1 aromatic rings. The molecule has 0 aromatic carbocycles. The van der Waals surface area contributed by atoms with Crippen molar-refractivity contribution < 1.29 is 9.90 Å². The highest BCUT2D eigenvalue weighted by molar-refractivity contribution is 7.99. The van der Waals surface area contributed by atoms with Gasteiger partial charge in [-0.25, -0.2) is 0 Å². The lowest BCUT2D eigenvalue weighted by Crippen LogP contribution is -2.12. The van der Waals surface area contributed by atoms with Crippen LogP contribution in [0.1, 0.15) is 50.8 Å². The highest BCUT2D eigenvalue weighted by Crippen LogP contribution is 2.41. The van der Waals surface area contributed by atoms with E-state index < -0.39 is 5.97 Å². The number of carboxylic acid groups (broad SMARTS) is 1. The molecule has 1 N–H and O–H groups in total. The number of aromatic nitrogens is 3. The monoisotopic (exact) mass is 295 g/mol. The van der Waals surface area contributed by atoms with Crippen LogP contribution in [0, 0.1) is 11.8 Å². The quantitative estimate of drug-likeness (QED) is 0.817. The molecule has 2 atom stereocenters. The average Bonchev–Trinajstić information content (AvgIpc) is 3.05. The van der Waals surface area contributed by atoms with Gasteiger partial charge in [0.05, 0.1) is 5.75 Å². The number of carbonyl (C=O) groups is 1. The molecule has 2 fully saturated rings. The predicted molar refractivity (Wildman–Crippen MR) is 76.9 cm³/mol. The summed E-state index contributed by atoms with van der Waals surface area (Å²) in [6.07, 6.45) is 6.24. The Kier molecular flexibility index (Phi) is 4.01. The van der Waals surface area contributed by atoms with Gasteiger partial charge in [0.25, 0.3) is 0 Å². The van der Waals surface area contributed by atoms with Gasteiger partial charge in [0, 0.05) is 12.5 Å². The van der Waals surface area contributed by atoms with Gasteiger partial charge in [0.1, 0.15) is 5.82 Å². The lowest BCUT2D eigenvalue weighted by molar-refractivity contribution is -0.133. The molecule has 3 rings (SSSR count). The highest BCUT2D eigenvalue weighted by Gasteiger charge is 2.32. The molecule has 0 spiro atoms. The first-order valence-electron chi connectivity index (χ1n) is 7.41. The summed E-state index contributed by atoms with van der Waals surface area (Å²) in [4.78, 5) is 10.7. The Bertz CT molecular complexity index is 499. The Morgan fingerprint density at radius 1 is 1.35 bits per heavy atom. The standard InChI is InChI=1S/C14H21N3O2S/c1-9-2-3-10(6-9)7-17-13(11-4-5-11)15-16-14(17)20-8-12(18)19/h9-11H,2-8H2,1H3,(H,18,19). The first-order chi connectivity index (χ1) is 9.63. The van der Waals surface area contributed by atoms with Crippen molar-refractivity contribution in [3.63, 3.8) is 0 Å². The van der Waals surface area contributed by atoms with Crippen molar-refractivity contribution in [3.05, 3.63) is 5.82 Å². The lowest BCUT2D eigenvalue weighted by Gasteiger charge is -2.14. The van der Waals surface area contributed by atoms with Gasteiger partial charge in [-0.3, -0.25) is 4.79 Å². The molecular formula is C14H21N3O2S. The molecule has 2 aliphatic carbocycles. The molecule has 5 nitrogen and oxygen atoms in total. The molecule has 2 saturated carbocycles. The molecule has 0 amide bonds. The summed E-state index contributed by atoms with van der Waals surface area (Å²) in [5.41, 5.74) is 0. The molecule has 2 unspecified atom stereocenters. The van der Waals surface area contributed by atoms with Gasteiger partial charge in [-0.1, -0.05) is 25.1 Å². The molecule has 0 bridgehead atoms. The Balaban J connectivity index is 1.74. The number of nitrogens with zero attached hydrogens (tertiary/aromatic N) is 3. The van der Waals surface area contributed by atoms with Gasteiger partial charge < -0.3 is 9.67 Å². The van der Waals surface area contributed by atoms with Crippen LogP contribution in [-0.2, 0) is 11.3 Å². The first kappa shape index (κ1) is 13.9. The minimum atomic E-state index is -0.799. The van der Waals surface area contributed by atoms with Crippen molar-refractivity contribution in [1.82, 2.24) is 14.8 Å². The highest BCUT2D eigenvalue weighted by atomic mass is 32.2. The first-order valence-corrected chi connectivity index (χ1v) is 8.39. The van der Waals surface area contributed by atoms with Crippen molar-refractivity contribution in [2.75, 3.05) is 5.75 Å². The molecule has 0 aliphatic heterocycles. The smallest absolute Gasteiger partial charge is 0.313 e. The van der Waals surface area contributed by atoms with Crippen molar-refractivity contribution in [1.29, 1.82) is 0 Å². The fourth-order valence-electron chi connectivity index (χ4n) is 3.10. The van der Waals surface area contributed by atoms with Crippen molar-refractivity contribution in [2.24, 2.45) is 11.8 Å². The molecule has 1 aromatic heterocycles. The van der Waals surface area contributed by atoms with Gasteiger partial charge in [0.15, 0.2) is 5.16 Å². The minimum Gasteiger partial charge on any atom is -0.481 e. The molecule has 0 saturated heterocycles. The molecule has 6 heteroatoms. The van der Waals surface area contributed by atoms with Crippen molar-refractivity contribution >= 4 is 17.7 Å². The van der Waals surface area contributed by atoms with Crippen LogP contribution in [0.15, 0.2) is 5.16 Å². The maximum atomic E-state index is 10.7. The lowest BCUT2D eigenvalue weighted by atomic mass is 10.1. The van der Waals surface area contributed by atoms with E-state index in [0.29, 0.717) is 11.8 Å². The molecular weight excluding hydrogens is 274 g/mol. The molecule has 20 heavy (non-hydrogen) atoms. The molecule has 2 aliphatic rings. The van der Waals surface area contributed by atoms with Gasteiger partial charge in [-0.15, -0.1) is 10.2 Å². The van der Waals surface area contributed by atoms with Gasteiger partial charge in [-0.2, -0.15) is 0 Å². The Morgan fingerprint density at radius 2 is 2.15 bits per heavy atom. The maximum absolute atomic E-state index is 10.7. The fourth-order valence-corrected chi connectivity index (χ4v) is 3.77. The summed E-state index contributed by atoms with van der Waals surface area (Å²) in [6.45, 7) is 3.28. The van der Waals surface area contributed by atoms with Crippen LogP contribution >= 0.6 is 11.8 Å². The molecule has 0 radical (unpaired) electrons. The zero-order valence-electron chi connectivity index (χ0n) is 11.8. The second kappa shape index (κ2) is 5.76. The summed E-state index contributed by atoms with van der Waals surface area (Å²) in [5.74, 6) is 2.41. The van der Waals surface area contributed by atoms with Gasteiger partial charge in [-0.05, 0) is 37.5 Å². The van der Waals surface area contributed by atoms with Crippen molar-refractivity contribution in [2.45, 2.75) is 56.6 Å². The van der Waals surface area contributed by atoms with Crippen LogP contribution in [0.3, 0.4) is 0 Å². The number of hydrogen-bond donors (Lipinski definition) is 1. The number of aliphatic carboxylic acids is 1. The number of rotatable bonds is 6.